The van der Waals surface area contributed by atoms with Gasteiger partial charge in [-0.25, -0.2) is 14.4 Å². The molecule has 0 atom stereocenters. The average molecular weight is 426 g/mol. The van der Waals surface area contributed by atoms with Gasteiger partial charge in [-0.15, -0.1) is 0 Å². The molecule has 29 heavy (non-hydrogen) atoms. The van der Waals surface area contributed by atoms with Crippen molar-refractivity contribution in [2.45, 2.75) is 17.3 Å². The number of hydrogen-bond donors (Lipinski definition) is 2. The number of H-pyrrole nitrogens is 1. The summed E-state index contributed by atoms with van der Waals surface area (Å²) in [6.45, 7) is 0. The minimum absolute atomic E-state index is 0.0377. The van der Waals surface area contributed by atoms with E-state index in [1.54, 1.807) is 12.1 Å². The molecule has 0 saturated heterocycles. The molecule has 2 aromatic carbocycles. The SMILES string of the molecule is O=C(Cc1cc(=O)[nH]c(SCc2ccc(F)cc2)n1)Nc1nc2ccccc2s1. The Balaban J connectivity index is 1.41. The number of aromatic amines is 1. The molecule has 2 N–H and O–H groups in total. The van der Waals surface area contributed by atoms with Gasteiger partial charge in [-0.1, -0.05) is 47.4 Å². The Morgan fingerprint density at radius 1 is 1.14 bits per heavy atom. The van der Waals surface area contributed by atoms with Gasteiger partial charge in [0.15, 0.2) is 10.3 Å². The van der Waals surface area contributed by atoms with Crippen LogP contribution in [0.1, 0.15) is 11.3 Å². The maximum absolute atomic E-state index is 13.0. The fourth-order valence-electron chi connectivity index (χ4n) is 2.63. The van der Waals surface area contributed by atoms with E-state index in [1.165, 1.54) is 41.3 Å². The van der Waals surface area contributed by atoms with Gasteiger partial charge in [-0.05, 0) is 29.8 Å². The van der Waals surface area contributed by atoms with Gasteiger partial charge in [0.25, 0.3) is 5.56 Å². The Morgan fingerprint density at radius 3 is 2.72 bits per heavy atom. The highest BCUT2D eigenvalue weighted by molar-refractivity contribution is 7.98. The molecule has 0 fully saturated rings. The summed E-state index contributed by atoms with van der Waals surface area (Å²) in [5, 5.41) is 3.67. The van der Waals surface area contributed by atoms with Crippen molar-refractivity contribution in [3.63, 3.8) is 0 Å². The Labute approximate surface area is 173 Å². The fourth-order valence-corrected chi connectivity index (χ4v) is 4.36. The molecule has 0 aliphatic rings. The van der Waals surface area contributed by atoms with Crippen molar-refractivity contribution in [3.8, 4) is 0 Å². The maximum atomic E-state index is 13.0. The number of carbonyl (C=O) groups excluding carboxylic acids is 1. The van der Waals surface area contributed by atoms with Gasteiger partial charge in [0, 0.05) is 11.8 Å². The van der Waals surface area contributed by atoms with E-state index in [1.807, 2.05) is 24.3 Å². The summed E-state index contributed by atoms with van der Waals surface area (Å²) in [5.41, 5.74) is 1.76. The second-order valence-corrected chi connectivity index (χ2v) is 8.16. The lowest BCUT2D eigenvalue weighted by molar-refractivity contribution is -0.115. The highest BCUT2D eigenvalue weighted by Crippen LogP contribution is 2.25. The Morgan fingerprint density at radius 2 is 1.93 bits per heavy atom. The fraction of sp³-hybridized carbons (Fsp3) is 0.100. The van der Waals surface area contributed by atoms with Crippen molar-refractivity contribution in [3.05, 3.63) is 82.0 Å². The predicted octanol–water partition coefficient (Wildman–Crippen LogP) is 3.99. The molecule has 6 nitrogen and oxygen atoms in total. The number of fused-ring (bicyclic) bond motifs is 1. The average Bonchev–Trinajstić information content (AvgIpc) is 3.09. The summed E-state index contributed by atoms with van der Waals surface area (Å²) in [6.07, 6.45) is -0.0377. The third-order valence-electron chi connectivity index (χ3n) is 3.94. The quantitative estimate of drug-likeness (QED) is 0.360. The van der Waals surface area contributed by atoms with Crippen LogP contribution in [0, 0.1) is 5.82 Å². The van der Waals surface area contributed by atoms with Crippen LogP contribution in [0.5, 0.6) is 0 Å². The van der Waals surface area contributed by atoms with E-state index in [9.17, 15) is 14.0 Å². The van der Waals surface area contributed by atoms with E-state index >= 15 is 0 Å². The summed E-state index contributed by atoms with van der Waals surface area (Å²) < 4.78 is 14.0. The van der Waals surface area contributed by atoms with E-state index in [0.717, 1.165) is 15.8 Å². The predicted molar refractivity (Wildman–Crippen MR) is 113 cm³/mol. The number of benzene rings is 2. The lowest BCUT2D eigenvalue weighted by Gasteiger charge is -2.05. The Hall–Kier alpha value is -3.04. The summed E-state index contributed by atoms with van der Waals surface area (Å²) in [4.78, 5) is 35.6. The van der Waals surface area contributed by atoms with Crippen molar-refractivity contribution < 1.29 is 9.18 Å². The molecule has 0 aliphatic carbocycles. The molecule has 0 bridgehead atoms. The smallest absolute Gasteiger partial charge is 0.251 e. The molecule has 0 aliphatic heterocycles. The van der Waals surface area contributed by atoms with Crippen LogP contribution in [0.4, 0.5) is 9.52 Å². The van der Waals surface area contributed by atoms with Gasteiger partial charge < -0.3 is 10.3 Å². The number of para-hydroxylation sites is 1. The highest BCUT2D eigenvalue weighted by Gasteiger charge is 2.11. The monoisotopic (exact) mass is 426 g/mol. The first-order valence-electron chi connectivity index (χ1n) is 8.68. The van der Waals surface area contributed by atoms with E-state index in [-0.39, 0.29) is 23.7 Å². The first-order chi connectivity index (χ1) is 14.0. The van der Waals surface area contributed by atoms with Gasteiger partial charge in [0.2, 0.25) is 5.91 Å². The van der Waals surface area contributed by atoms with Gasteiger partial charge in [-0.3, -0.25) is 9.59 Å². The van der Waals surface area contributed by atoms with Crippen LogP contribution >= 0.6 is 23.1 Å². The molecular formula is C20H15FN4O2S2. The molecule has 0 spiro atoms. The summed E-state index contributed by atoms with van der Waals surface area (Å²) in [7, 11) is 0. The highest BCUT2D eigenvalue weighted by atomic mass is 32.2. The largest absolute Gasteiger partial charge is 0.302 e. The lowest BCUT2D eigenvalue weighted by atomic mass is 10.2. The minimum Gasteiger partial charge on any atom is -0.302 e. The van der Waals surface area contributed by atoms with E-state index < -0.39 is 0 Å². The number of hydrogen-bond acceptors (Lipinski definition) is 6. The standard InChI is InChI=1S/C20H15FN4O2S2/c21-13-7-5-12(6-8-13)11-28-19-22-14(9-17(26)24-19)10-18(27)25-20-23-15-3-1-2-4-16(15)29-20/h1-9H,10-11H2,(H,22,24,26)(H,23,25,27). The molecule has 9 heteroatoms. The molecule has 2 heterocycles. The van der Waals surface area contributed by atoms with Gasteiger partial charge in [0.1, 0.15) is 5.82 Å². The maximum Gasteiger partial charge on any atom is 0.251 e. The summed E-state index contributed by atoms with van der Waals surface area (Å²) in [5.74, 6) is -0.0760. The molecule has 0 saturated carbocycles. The van der Waals surface area contributed by atoms with Crippen LogP contribution in [0.2, 0.25) is 0 Å². The van der Waals surface area contributed by atoms with E-state index in [0.29, 0.717) is 21.7 Å². The van der Waals surface area contributed by atoms with Gasteiger partial charge >= 0.3 is 0 Å². The Kier molecular flexibility index (Phi) is 5.68. The topological polar surface area (TPSA) is 87.7 Å². The van der Waals surface area contributed by atoms with Crippen molar-refractivity contribution in [2.75, 3.05) is 5.32 Å². The van der Waals surface area contributed by atoms with Crippen molar-refractivity contribution in [2.24, 2.45) is 0 Å². The third kappa shape index (κ3) is 5.07. The number of carbonyl (C=O) groups is 1. The van der Waals surface area contributed by atoms with Crippen molar-refractivity contribution >= 4 is 44.4 Å². The first kappa shape index (κ1) is 19.3. The van der Waals surface area contributed by atoms with Crippen LogP contribution in [-0.4, -0.2) is 20.9 Å². The number of nitrogens with one attached hydrogen (secondary N) is 2. The minimum atomic E-state index is -0.329. The zero-order chi connectivity index (χ0) is 20.2. The van der Waals surface area contributed by atoms with E-state index in [4.69, 9.17) is 0 Å². The first-order valence-corrected chi connectivity index (χ1v) is 10.5. The number of aromatic nitrogens is 3. The van der Waals surface area contributed by atoms with Crippen LogP contribution in [0.15, 0.2) is 64.5 Å². The summed E-state index contributed by atoms with van der Waals surface area (Å²) in [6, 6.07) is 15.0. The van der Waals surface area contributed by atoms with Gasteiger partial charge in [-0.2, -0.15) is 0 Å². The second kappa shape index (κ2) is 8.54. The number of nitrogens with zero attached hydrogens (tertiary/aromatic N) is 2. The van der Waals surface area contributed by atoms with Crippen LogP contribution in [0.3, 0.4) is 0 Å². The van der Waals surface area contributed by atoms with E-state index in [2.05, 4.69) is 20.3 Å². The second-order valence-electron chi connectivity index (χ2n) is 6.17. The normalized spacial score (nSPS) is 10.9. The molecular weight excluding hydrogens is 411 g/mol. The molecule has 0 unspecified atom stereocenters. The number of thiazole rings is 1. The van der Waals surface area contributed by atoms with Crippen LogP contribution in [-0.2, 0) is 17.0 Å². The van der Waals surface area contributed by atoms with Crippen LogP contribution in [0.25, 0.3) is 10.2 Å². The molecule has 4 rings (SSSR count). The van der Waals surface area contributed by atoms with Crippen molar-refractivity contribution in [1.82, 2.24) is 15.0 Å². The number of halogens is 1. The molecule has 1 amide bonds. The third-order valence-corrected chi connectivity index (χ3v) is 5.84. The summed E-state index contributed by atoms with van der Waals surface area (Å²) >= 11 is 2.70. The Bertz CT molecular complexity index is 1190. The number of amides is 1. The number of thioether (sulfide) groups is 1. The van der Waals surface area contributed by atoms with Crippen LogP contribution < -0.4 is 10.9 Å². The zero-order valence-corrected chi connectivity index (χ0v) is 16.6. The lowest BCUT2D eigenvalue weighted by Crippen LogP contribution is -2.18. The zero-order valence-electron chi connectivity index (χ0n) is 15.0. The molecule has 0 radical (unpaired) electrons. The molecule has 2 aromatic heterocycles. The van der Waals surface area contributed by atoms with Gasteiger partial charge in [0.05, 0.1) is 22.3 Å². The molecule has 4 aromatic rings. The molecule has 146 valence electrons. The number of anilines is 1. The number of rotatable bonds is 6. The van der Waals surface area contributed by atoms with Crippen molar-refractivity contribution in [1.29, 1.82) is 0 Å².